The number of hydrogen-bond acceptors (Lipinski definition) is 3. The zero-order valence-corrected chi connectivity index (χ0v) is 18.0. The van der Waals surface area contributed by atoms with E-state index in [1.54, 1.807) is 0 Å². The first kappa shape index (κ1) is 22.8. The van der Waals surface area contributed by atoms with Crippen molar-refractivity contribution in [1.29, 1.82) is 0 Å². The quantitative estimate of drug-likeness (QED) is 0.539. The molecule has 1 atom stereocenters. The van der Waals surface area contributed by atoms with Crippen LogP contribution in [0, 0.1) is 0 Å². The van der Waals surface area contributed by atoms with E-state index in [1.165, 1.54) is 0 Å². The Kier molecular flexibility index (Phi) is 8.91. The number of nitrogens with zero attached hydrogens (tertiary/aromatic N) is 1. The highest BCUT2D eigenvalue weighted by Crippen LogP contribution is 2.35. The number of amides is 2. The SMILES string of the molecule is O=C(CC1(c2ccccc2)CCC[N]1)NCCCCCNC(=O)OCc1ccccc1. The second-order valence-corrected chi connectivity index (χ2v) is 7.96. The molecule has 2 amide bonds. The standard InChI is InChI=1S/C25H32N3O3/c29-23(19-25(15-10-18-28-25)22-13-6-2-7-14-22)26-16-8-3-9-17-27-24(30)31-20-21-11-4-1-5-12-21/h1-2,4-7,11-14H,3,8-10,15-20H2,(H,26,29)(H,27,30). The molecule has 1 saturated heterocycles. The average molecular weight is 423 g/mol. The van der Waals surface area contributed by atoms with Gasteiger partial charge in [-0.25, -0.2) is 10.1 Å². The van der Waals surface area contributed by atoms with Gasteiger partial charge in [-0.3, -0.25) is 4.79 Å². The Morgan fingerprint density at radius 2 is 1.58 bits per heavy atom. The van der Waals surface area contributed by atoms with Crippen molar-refractivity contribution < 1.29 is 14.3 Å². The maximum Gasteiger partial charge on any atom is 0.407 e. The summed E-state index contributed by atoms with van der Waals surface area (Å²) in [6.45, 7) is 2.30. The number of unbranched alkanes of at least 4 members (excludes halogenated alkanes) is 2. The van der Waals surface area contributed by atoms with Crippen LogP contribution in [0.3, 0.4) is 0 Å². The Balaban J connectivity index is 1.25. The van der Waals surface area contributed by atoms with E-state index in [1.807, 2.05) is 48.5 Å². The Morgan fingerprint density at radius 3 is 2.26 bits per heavy atom. The van der Waals surface area contributed by atoms with Crippen molar-refractivity contribution >= 4 is 12.0 Å². The Bertz CT molecular complexity index is 805. The fourth-order valence-electron chi connectivity index (χ4n) is 3.92. The average Bonchev–Trinajstić information content (AvgIpc) is 3.28. The Hall–Kier alpha value is -2.86. The summed E-state index contributed by atoms with van der Waals surface area (Å²) in [5.74, 6) is 0.0529. The molecule has 1 aliphatic heterocycles. The van der Waals surface area contributed by atoms with E-state index in [0.29, 0.717) is 19.5 Å². The van der Waals surface area contributed by atoms with Gasteiger partial charge in [0.2, 0.25) is 5.91 Å². The zero-order valence-electron chi connectivity index (χ0n) is 18.0. The van der Waals surface area contributed by atoms with Crippen molar-refractivity contribution in [2.75, 3.05) is 19.6 Å². The van der Waals surface area contributed by atoms with Gasteiger partial charge >= 0.3 is 6.09 Å². The molecular formula is C25H32N3O3. The highest BCUT2D eigenvalue weighted by Gasteiger charge is 2.38. The lowest BCUT2D eigenvalue weighted by atomic mass is 9.85. The van der Waals surface area contributed by atoms with Gasteiger partial charge in [-0.05, 0) is 43.2 Å². The topological polar surface area (TPSA) is 81.5 Å². The lowest BCUT2D eigenvalue weighted by molar-refractivity contribution is -0.122. The van der Waals surface area contributed by atoms with Crippen LogP contribution < -0.4 is 16.0 Å². The van der Waals surface area contributed by atoms with Crippen molar-refractivity contribution in [2.45, 2.75) is 50.7 Å². The van der Waals surface area contributed by atoms with Crippen molar-refractivity contribution in [3.05, 3.63) is 71.8 Å². The molecule has 1 unspecified atom stereocenters. The van der Waals surface area contributed by atoms with Gasteiger partial charge in [-0.15, -0.1) is 0 Å². The summed E-state index contributed by atoms with van der Waals surface area (Å²) >= 11 is 0. The van der Waals surface area contributed by atoms with Gasteiger partial charge in [0.05, 0.1) is 12.0 Å². The van der Waals surface area contributed by atoms with Crippen molar-refractivity contribution in [1.82, 2.24) is 16.0 Å². The van der Waals surface area contributed by atoms with Crippen molar-refractivity contribution in [3.8, 4) is 0 Å². The van der Waals surface area contributed by atoms with E-state index in [9.17, 15) is 9.59 Å². The predicted octanol–water partition coefficient (Wildman–Crippen LogP) is 3.88. The van der Waals surface area contributed by atoms with Crippen LogP contribution in [0.2, 0.25) is 0 Å². The van der Waals surface area contributed by atoms with Gasteiger partial charge in [-0.2, -0.15) is 0 Å². The monoisotopic (exact) mass is 422 g/mol. The second kappa shape index (κ2) is 12.1. The number of alkyl carbamates (subject to hydrolysis) is 1. The molecule has 1 radical (unpaired) electrons. The third-order valence-corrected chi connectivity index (χ3v) is 5.58. The number of carbonyl (C=O) groups excluding carboxylic acids is 2. The third kappa shape index (κ3) is 7.40. The number of carbonyl (C=O) groups is 2. The van der Waals surface area contributed by atoms with Gasteiger partial charge in [0, 0.05) is 19.6 Å². The minimum atomic E-state index is -0.399. The lowest BCUT2D eigenvalue weighted by Gasteiger charge is -2.28. The number of hydrogen-bond donors (Lipinski definition) is 2. The fraction of sp³-hybridized carbons (Fsp3) is 0.440. The first-order chi connectivity index (χ1) is 15.2. The van der Waals surface area contributed by atoms with Crippen LogP contribution in [-0.2, 0) is 21.7 Å². The smallest absolute Gasteiger partial charge is 0.407 e. The molecular weight excluding hydrogens is 390 g/mol. The molecule has 3 rings (SSSR count). The zero-order chi connectivity index (χ0) is 21.8. The van der Waals surface area contributed by atoms with Crippen molar-refractivity contribution in [3.63, 3.8) is 0 Å². The lowest BCUT2D eigenvalue weighted by Crippen LogP contribution is -2.38. The molecule has 6 nitrogen and oxygen atoms in total. The number of ether oxygens (including phenoxy) is 1. The normalized spacial score (nSPS) is 17.8. The second-order valence-electron chi connectivity index (χ2n) is 7.96. The summed E-state index contributed by atoms with van der Waals surface area (Å²) in [5, 5.41) is 10.6. The number of benzene rings is 2. The molecule has 1 fully saturated rings. The first-order valence-electron chi connectivity index (χ1n) is 11.1. The minimum Gasteiger partial charge on any atom is -0.445 e. The summed E-state index contributed by atoms with van der Waals surface area (Å²) < 4.78 is 5.18. The molecule has 0 spiro atoms. The van der Waals surface area contributed by atoms with Crippen LogP contribution in [0.1, 0.15) is 49.7 Å². The summed E-state index contributed by atoms with van der Waals surface area (Å²) in [4.78, 5) is 24.2. The van der Waals surface area contributed by atoms with Crippen LogP contribution in [-0.4, -0.2) is 31.6 Å². The van der Waals surface area contributed by atoms with Crippen LogP contribution in [0.4, 0.5) is 4.79 Å². The van der Waals surface area contributed by atoms with Gasteiger partial charge in [0.25, 0.3) is 0 Å². The number of rotatable bonds is 11. The molecule has 0 aromatic heterocycles. The summed E-state index contributed by atoms with van der Waals surface area (Å²) in [7, 11) is 0. The van der Waals surface area contributed by atoms with Gasteiger partial charge in [0.15, 0.2) is 0 Å². The number of nitrogens with one attached hydrogen (secondary N) is 2. The molecule has 165 valence electrons. The van der Waals surface area contributed by atoms with E-state index >= 15 is 0 Å². The van der Waals surface area contributed by atoms with Crippen LogP contribution in [0.5, 0.6) is 0 Å². The van der Waals surface area contributed by atoms with E-state index < -0.39 is 6.09 Å². The minimum absolute atomic E-state index is 0.0529. The maximum atomic E-state index is 12.5. The molecule has 0 bridgehead atoms. The molecule has 1 heterocycles. The molecule has 0 saturated carbocycles. The van der Waals surface area contributed by atoms with Crippen LogP contribution in [0.15, 0.2) is 60.7 Å². The van der Waals surface area contributed by atoms with E-state index in [-0.39, 0.29) is 18.1 Å². The summed E-state index contributed by atoms with van der Waals surface area (Å²) in [6, 6.07) is 19.7. The fourth-order valence-corrected chi connectivity index (χ4v) is 3.92. The van der Waals surface area contributed by atoms with E-state index in [2.05, 4.69) is 22.8 Å². The third-order valence-electron chi connectivity index (χ3n) is 5.58. The molecule has 6 heteroatoms. The Morgan fingerprint density at radius 1 is 0.903 bits per heavy atom. The van der Waals surface area contributed by atoms with Crippen molar-refractivity contribution in [2.24, 2.45) is 0 Å². The van der Waals surface area contributed by atoms with E-state index in [4.69, 9.17) is 10.1 Å². The highest BCUT2D eigenvalue weighted by molar-refractivity contribution is 5.77. The van der Waals surface area contributed by atoms with Crippen LogP contribution in [0.25, 0.3) is 0 Å². The molecule has 2 aromatic carbocycles. The van der Waals surface area contributed by atoms with E-state index in [0.717, 1.165) is 49.8 Å². The van der Waals surface area contributed by atoms with Gasteiger partial charge in [0.1, 0.15) is 6.61 Å². The van der Waals surface area contributed by atoms with Gasteiger partial charge < -0.3 is 15.4 Å². The molecule has 1 aliphatic rings. The predicted molar refractivity (Wildman–Crippen MR) is 120 cm³/mol. The molecule has 2 N–H and O–H groups in total. The molecule has 0 aliphatic carbocycles. The summed E-state index contributed by atoms with van der Waals surface area (Å²) in [6.07, 6.45) is 4.61. The first-order valence-corrected chi connectivity index (χ1v) is 11.1. The highest BCUT2D eigenvalue weighted by atomic mass is 16.5. The van der Waals surface area contributed by atoms with Gasteiger partial charge in [-0.1, -0.05) is 60.7 Å². The maximum absolute atomic E-state index is 12.5. The largest absolute Gasteiger partial charge is 0.445 e. The molecule has 31 heavy (non-hydrogen) atoms. The molecule has 2 aromatic rings. The Labute approximate surface area is 184 Å². The van der Waals surface area contributed by atoms with Crippen LogP contribution >= 0.6 is 0 Å². The summed E-state index contributed by atoms with van der Waals surface area (Å²) in [5.41, 5.74) is 1.73.